The van der Waals surface area contributed by atoms with Crippen molar-refractivity contribution in [1.82, 2.24) is 0 Å². The van der Waals surface area contributed by atoms with Gasteiger partial charge in [-0.1, -0.05) is 97.1 Å². The smallest absolute Gasteiger partial charge is 0.401 e. The molecule has 2 fully saturated rings. The van der Waals surface area contributed by atoms with Gasteiger partial charge in [-0.2, -0.15) is 0 Å². The van der Waals surface area contributed by atoms with Crippen molar-refractivity contribution in [2.45, 2.75) is 55.4 Å². The summed E-state index contributed by atoms with van der Waals surface area (Å²) in [7, 11) is -3.77. The summed E-state index contributed by atoms with van der Waals surface area (Å²) < 4.78 is 52.6. The van der Waals surface area contributed by atoms with Crippen molar-refractivity contribution in [2.75, 3.05) is 27.8 Å². The van der Waals surface area contributed by atoms with Gasteiger partial charge >= 0.3 is 34.4 Å². The molecular formula is C60H64O16P4W4Y2. The quantitative estimate of drug-likeness (QED) is 0.0559. The molecule has 86 heavy (non-hydrogen) atoms. The van der Waals surface area contributed by atoms with E-state index in [0.29, 0.717) is 39.7 Å². The van der Waals surface area contributed by atoms with Crippen LogP contribution in [0.25, 0.3) is 44.5 Å². The molecule has 0 aromatic heterocycles. The van der Waals surface area contributed by atoms with Crippen LogP contribution >= 0.6 is 34.4 Å². The maximum absolute atomic E-state index is 10.5. The Kier molecular flexibility index (Phi) is 38.9. The second kappa shape index (κ2) is 40.5. The van der Waals surface area contributed by atoms with Crippen molar-refractivity contribution in [3.8, 4) is 90.5 Å². The molecule has 8 aromatic rings. The maximum atomic E-state index is 10.5. The molecule has 2 saturated heterocycles. The monoisotopic (exact) mass is 2080 g/mol. The molecule has 450 valence electrons. The van der Waals surface area contributed by atoms with Crippen molar-refractivity contribution in [2.24, 2.45) is 0 Å². The third kappa shape index (κ3) is 23.0. The van der Waals surface area contributed by atoms with Gasteiger partial charge in [-0.3, -0.25) is 18.1 Å². The first-order chi connectivity index (χ1) is 38.3. The number of hydrogen-bond donors (Lipinski definition) is 6. The number of phenolic OH excluding ortho intramolecular Hbond substituents is 4. The first-order valence-electron chi connectivity index (χ1n) is 24.8. The van der Waals surface area contributed by atoms with Crippen molar-refractivity contribution in [3.63, 3.8) is 0 Å². The topological polar surface area (TPSA) is 214 Å². The van der Waals surface area contributed by atoms with Crippen LogP contribution in [0.3, 0.4) is 0 Å². The van der Waals surface area contributed by atoms with Crippen LogP contribution in [0.5, 0.6) is 46.0 Å². The molecule has 0 amide bonds. The van der Waals surface area contributed by atoms with Gasteiger partial charge in [-0.25, -0.2) is 0 Å². The summed E-state index contributed by atoms with van der Waals surface area (Å²) in [6, 6.07) is 44.5. The Morgan fingerprint density at radius 3 is 1.10 bits per heavy atom. The minimum Gasteiger partial charge on any atom is -0.507 e. The van der Waals surface area contributed by atoms with E-state index in [2.05, 4.69) is 0 Å². The molecule has 6 N–H and O–H groups in total. The maximum Gasteiger partial charge on any atom is 0.401 e. The van der Waals surface area contributed by atoms with Gasteiger partial charge in [-0.15, -0.1) is 0 Å². The minimum atomic E-state index is -1.99. The normalized spacial score (nSPS) is 12.6. The van der Waals surface area contributed by atoms with Crippen molar-refractivity contribution in [1.29, 1.82) is 0 Å². The largest absolute Gasteiger partial charge is 0.507 e. The number of phenols is 4. The fourth-order valence-corrected chi connectivity index (χ4v) is 10.7. The molecule has 0 aliphatic carbocycles. The van der Waals surface area contributed by atoms with E-state index in [-0.39, 0.29) is 186 Å². The second-order valence-corrected chi connectivity index (χ2v) is 22.6. The Labute approximate surface area is 615 Å². The van der Waals surface area contributed by atoms with E-state index in [0.717, 1.165) is 72.3 Å². The van der Waals surface area contributed by atoms with E-state index < -0.39 is 34.4 Å². The first-order valence-corrected chi connectivity index (χ1v) is 29.3. The molecule has 2 heterocycles. The zero-order valence-electron chi connectivity index (χ0n) is 48.6. The van der Waals surface area contributed by atoms with E-state index >= 15 is 0 Å². The first kappa shape index (κ1) is 82.5. The van der Waals surface area contributed by atoms with E-state index in [1.54, 1.807) is 42.5 Å². The molecule has 16 nitrogen and oxygen atoms in total. The van der Waals surface area contributed by atoms with Crippen LogP contribution in [-0.4, -0.2) is 58.0 Å². The van der Waals surface area contributed by atoms with Gasteiger partial charge in [0, 0.05) is 208 Å². The molecule has 2 radical (unpaired) electrons. The van der Waals surface area contributed by atoms with Crippen LogP contribution in [0.15, 0.2) is 146 Å². The molecule has 0 saturated carbocycles. The number of benzene rings is 8. The van der Waals surface area contributed by atoms with Crippen LogP contribution < -0.4 is 18.1 Å². The summed E-state index contributed by atoms with van der Waals surface area (Å²) in [4.78, 5) is 19.1. The number of hydrogen-bond acceptors (Lipinski definition) is 16. The molecule has 2 aliphatic heterocycles. The Morgan fingerprint density at radius 2 is 0.698 bits per heavy atom. The Balaban J connectivity index is 0.000000562. The molecule has 10 rings (SSSR count). The summed E-state index contributed by atoms with van der Waals surface area (Å²) in [5.74, 6) is 3.23. The predicted molar refractivity (Wildman–Crippen MR) is 315 cm³/mol. The van der Waals surface area contributed by atoms with Crippen LogP contribution in [-0.2, 0) is 177 Å². The Bertz CT molecular complexity index is 3220. The fraction of sp³-hybridized carbons (Fsp3) is 0.200. The number of aromatic hydroxyl groups is 4. The van der Waals surface area contributed by atoms with E-state index in [9.17, 15) is 30.2 Å². The van der Waals surface area contributed by atoms with E-state index in [1.807, 2.05) is 159 Å². The number of rotatable bonds is 14. The molecule has 2 atom stereocenters. The average molecular weight is 2080 g/mol. The van der Waals surface area contributed by atoms with Gasteiger partial charge in [0.15, 0.2) is 13.6 Å². The zero-order valence-corrected chi connectivity index (χ0v) is 69.6. The summed E-state index contributed by atoms with van der Waals surface area (Å²) >= 11 is 0. The van der Waals surface area contributed by atoms with Crippen LogP contribution in [0.2, 0.25) is 0 Å². The van der Waals surface area contributed by atoms with E-state index in [4.69, 9.17) is 45.2 Å². The van der Waals surface area contributed by atoms with Gasteiger partial charge in [0.2, 0.25) is 0 Å². The summed E-state index contributed by atoms with van der Waals surface area (Å²) in [6.07, 6.45) is 0. The molecule has 0 bridgehead atoms. The zero-order chi connectivity index (χ0) is 57.6. The van der Waals surface area contributed by atoms with Gasteiger partial charge < -0.3 is 57.4 Å². The molecule has 26 heteroatoms. The van der Waals surface area contributed by atoms with Crippen LogP contribution in [0, 0.1) is 55.4 Å². The second-order valence-electron chi connectivity index (χ2n) is 18.3. The number of para-hydroxylation sites is 4. The predicted octanol–water partition coefficient (Wildman–Crippen LogP) is 16.4. The van der Waals surface area contributed by atoms with Crippen LogP contribution in [0.4, 0.5) is 0 Å². The van der Waals surface area contributed by atoms with Crippen molar-refractivity contribution < 1.29 is 225 Å². The fourth-order valence-electron chi connectivity index (χ4n) is 8.51. The average Bonchev–Trinajstić information content (AvgIpc) is 3.34. The van der Waals surface area contributed by atoms with Gasteiger partial charge in [0.25, 0.3) is 0 Å². The molecule has 8 aromatic carbocycles. The van der Waals surface area contributed by atoms with Gasteiger partial charge in [0.05, 0.1) is 0 Å². The van der Waals surface area contributed by atoms with Crippen LogP contribution in [0.1, 0.15) is 44.5 Å². The third-order valence-electron chi connectivity index (χ3n) is 12.1. The van der Waals surface area contributed by atoms with Crippen molar-refractivity contribution in [3.05, 3.63) is 190 Å². The molecule has 2 unspecified atom stereocenters. The van der Waals surface area contributed by atoms with Crippen molar-refractivity contribution >= 4 is 34.4 Å². The summed E-state index contributed by atoms with van der Waals surface area (Å²) in [5, 5.41) is 40.6. The third-order valence-corrected chi connectivity index (χ3v) is 15.4. The molecule has 2 aliphatic rings. The molecule has 0 spiro atoms. The SMILES string of the molecule is COP(O)Oc1c(C)cc(C)cc1-c1cc(C)cc(C)c1O.COP(O)Oc1ccccc1-c1ccccc1O.Cc1cc(C)c(O)c(-c2cc(C)cc(C)c2OP2OCO2)c1.Oc1ccccc1-c1ccccc1OP1OCO1.[W].[W].[W].[W].[Y].[Y]. The summed E-state index contributed by atoms with van der Waals surface area (Å²) in [5.41, 5.74) is 13.8. The van der Waals surface area contributed by atoms with Gasteiger partial charge in [0.1, 0.15) is 46.0 Å². The Morgan fingerprint density at radius 1 is 0.372 bits per heavy atom. The van der Waals surface area contributed by atoms with Gasteiger partial charge in [-0.05, 0) is 148 Å². The minimum absolute atomic E-state index is 0. The standard InChI is InChI=1S/C17H19O4P.C17H21O4P.C13H11O4P.C13H13O4P.4W.2Y/c1-10-5-12(3)16(18)14(7-10)15-8-11(2)6-13(4)17(15)21-22-19-9-20-22;1-10-6-12(3)16(18)14(8-10)15-9-11(2)7-13(4)17(15)21-22(19)20-5;14-12-7-3-1-5-10(12)11-6-2-4-8-13(11)17-18-15-9-16-18;1-16-18(15)17-13-9-5-3-7-11(13)10-6-2-4-8-12(10)14;;;;;;/h5-8,18H,9H2,1-4H3;6-9,18-19H,1-5H3;1-8,14H,9H2;2-9,14-15H,1H3;;;;;;. The van der Waals surface area contributed by atoms with E-state index in [1.165, 1.54) is 14.2 Å². The summed E-state index contributed by atoms with van der Waals surface area (Å²) in [6.45, 7) is 16.2. The molecular weight excluding hydrogens is 2010 g/mol. The number of aryl methyl sites for hydroxylation is 8. The Hall–Kier alpha value is -1.48.